The zero-order valence-electron chi connectivity index (χ0n) is 11.3. The van der Waals surface area contributed by atoms with Gasteiger partial charge >= 0.3 is 0 Å². The molecule has 0 atom stereocenters. The molecular weight excluding hydrogens is 232 g/mol. The number of halogens is 2. The molecule has 1 fully saturated rings. The Morgan fingerprint density at radius 1 is 1.22 bits per heavy atom. The molecule has 1 saturated carbocycles. The number of hydrogen-bond donors (Lipinski definition) is 1. The Hall–Kier alpha value is -0.960. The summed E-state index contributed by atoms with van der Waals surface area (Å²) < 4.78 is 26.4. The first-order valence-corrected chi connectivity index (χ1v) is 6.38. The van der Waals surface area contributed by atoms with Crippen molar-refractivity contribution in [3.63, 3.8) is 0 Å². The molecule has 0 spiro atoms. The van der Waals surface area contributed by atoms with Crippen LogP contribution in [0.2, 0.25) is 0 Å². The second-order valence-electron chi connectivity index (χ2n) is 6.52. The summed E-state index contributed by atoms with van der Waals surface area (Å²) in [6, 6.07) is 7.97. The molecule has 0 radical (unpaired) electrons. The fraction of sp³-hybridized carbons (Fsp3) is 0.600. The number of hydrogen-bond acceptors (Lipinski definition) is 1. The van der Waals surface area contributed by atoms with E-state index in [-0.39, 0.29) is 24.8 Å². The highest BCUT2D eigenvalue weighted by molar-refractivity contribution is 5.36. The van der Waals surface area contributed by atoms with Gasteiger partial charge in [0, 0.05) is 24.8 Å². The highest BCUT2D eigenvalue weighted by atomic mass is 19.3. The van der Waals surface area contributed by atoms with Gasteiger partial charge in [-0.3, -0.25) is 0 Å². The second-order valence-corrected chi connectivity index (χ2v) is 6.52. The third-order valence-corrected chi connectivity index (χ3v) is 3.93. The van der Waals surface area contributed by atoms with E-state index in [9.17, 15) is 8.78 Å². The van der Waals surface area contributed by atoms with Gasteiger partial charge in [-0.25, -0.2) is 8.78 Å². The lowest BCUT2D eigenvalue weighted by Gasteiger charge is -2.47. The molecule has 2 N–H and O–H groups in total. The monoisotopic (exact) mass is 253 g/mol. The van der Waals surface area contributed by atoms with Gasteiger partial charge in [0.25, 0.3) is 0 Å². The van der Waals surface area contributed by atoms with Crippen LogP contribution in [0.15, 0.2) is 24.3 Å². The normalized spacial score (nSPS) is 21.4. The highest BCUT2D eigenvalue weighted by Crippen LogP contribution is 2.53. The quantitative estimate of drug-likeness (QED) is 0.856. The Morgan fingerprint density at radius 3 is 2.28 bits per heavy atom. The largest absolute Gasteiger partial charge is 0.330 e. The lowest BCUT2D eigenvalue weighted by Crippen LogP contribution is -2.53. The van der Waals surface area contributed by atoms with Crippen molar-refractivity contribution in [2.75, 3.05) is 6.54 Å². The molecule has 1 nitrogen and oxygen atoms in total. The maximum Gasteiger partial charge on any atom is 0.250 e. The van der Waals surface area contributed by atoms with Crippen LogP contribution in [-0.4, -0.2) is 12.5 Å². The summed E-state index contributed by atoms with van der Waals surface area (Å²) in [6.45, 7) is 6.65. The summed E-state index contributed by atoms with van der Waals surface area (Å²) >= 11 is 0. The number of nitrogens with two attached hydrogens (primary N) is 1. The summed E-state index contributed by atoms with van der Waals surface area (Å²) in [5, 5.41) is 0. The lowest BCUT2D eigenvalue weighted by atomic mass is 9.61. The molecule has 0 bridgehead atoms. The first-order valence-electron chi connectivity index (χ1n) is 6.38. The van der Waals surface area contributed by atoms with Crippen molar-refractivity contribution >= 4 is 0 Å². The predicted octanol–water partition coefficient (Wildman–Crippen LogP) is 3.61. The third-order valence-electron chi connectivity index (χ3n) is 3.93. The van der Waals surface area contributed by atoms with E-state index in [1.54, 1.807) is 0 Å². The van der Waals surface area contributed by atoms with E-state index in [0.29, 0.717) is 0 Å². The van der Waals surface area contributed by atoms with Crippen LogP contribution in [0.5, 0.6) is 0 Å². The van der Waals surface area contributed by atoms with Crippen LogP contribution < -0.4 is 5.73 Å². The fourth-order valence-corrected chi connectivity index (χ4v) is 2.72. The topological polar surface area (TPSA) is 26.0 Å². The lowest BCUT2D eigenvalue weighted by molar-refractivity contribution is -0.123. The highest BCUT2D eigenvalue weighted by Gasteiger charge is 2.56. The Morgan fingerprint density at radius 2 is 1.83 bits per heavy atom. The molecule has 1 aromatic rings. The molecule has 0 aliphatic heterocycles. The molecule has 0 unspecified atom stereocenters. The summed E-state index contributed by atoms with van der Waals surface area (Å²) in [4.78, 5) is 0. The van der Waals surface area contributed by atoms with Gasteiger partial charge < -0.3 is 5.73 Å². The minimum Gasteiger partial charge on any atom is -0.330 e. The maximum atomic E-state index is 13.2. The Kier molecular flexibility index (Phi) is 3.01. The summed E-state index contributed by atoms with van der Waals surface area (Å²) in [5.74, 6) is -2.54. The molecule has 18 heavy (non-hydrogen) atoms. The summed E-state index contributed by atoms with van der Waals surface area (Å²) in [7, 11) is 0. The molecule has 1 aromatic carbocycles. The standard InChI is InChI=1S/C15H21F2N/c1-13(2,3)11-5-4-6-12(7-11)14(10-18)8-15(16,17)9-14/h4-7H,8-10,18H2,1-3H3. The van der Waals surface area contributed by atoms with Gasteiger partial charge in [-0.2, -0.15) is 0 Å². The van der Waals surface area contributed by atoms with Crippen molar-refractivity contribution in [1.29, 1.82) is 0 Å². The smallest absolute Gasteiger partial charge is 0.250 e. The van der Waals surface area contributed by atoms with E-state index in [1.165, 1.54) is 5.56 Å². The van der Waals surface area contributed by atoms with Crippen molar-refractivity contribution in [2.24, 2.45) is 5.73 Å². The zero-order chi connectivity index (χ0) is 13.6. The third kappa shape index (κ3) is 2.28. The Balaban J connectivity index is 2.34. The average Bonchev–Trinajstić information content (AvgIpc) is 2.24. The molecular formula is C15H21F2N. The first-order chi connectivity index (χ1) is 8.19. The van der Waals surface area contributed by atoms with E-state index >= 15 is 0 Å². The van der Waals surface area contributed by atoms with Crippen molar-refractivity contribution in [1.82, 2.24) is 0 Å². The molecule has 2 rings (SSSR count). The van der Waals surface area contributed by atoms with E-state index in [4.69, 9.17) is 5.73 Å². The van der Waals surface area contributed by atoms with Crippen LogP contribution in [0.25, 0.3) is 0 Å². The van der Waals surface area contributed by atoms with Crippen LogP contribution in [-0.2, 0) is 10.8 Å². The summed E-state index contributed by atoms with van der Waals surface area (Å²) in [5.41, 5.74) is 7.38. The van der Waals surface area contributed by atoms with Gasteiger partial charge in [0.1, 0.15) is 0 Å². The van der Waals surface area contributed by atoms with E-state index in [2.05, 4.69) is 20.8 Å². The molecule has 1 aliphatic rings. The first kappa shape index (κ1) is 13.5. The summed E-state index contributed by atoms with van der Waals surface area (Å²) in [6.07, 6.45) is -0.242. The SMILES string of the molecule is CC(C)(C)c1cccc(C2(CN)CC(F)(F)C2)c1. The van der Waals surface area contributed by atoms with Gasteiger partial charge in [-0.1, -0.05) is 45.0 Å². The van der Waals surface area contributed by atoms with Crippen LogP contribution in [0, 0.1) is 0 Å². The van der Waals surface area contributed by atoms with E-state index < -0.39 is 11.3 Å². The van der Waals surface area contributed by atoms with E-state index in [0.717, 1.165) is 5.56 Å². The Labute approximate surface area is 107 Å². The molecule has 3 heteroatoms. The van der Waals surface area contributed by atoms with Gasteiger partial charge in [0.15, 0.2) is 0 Å². The molecule has 0 heterocycles. The van der Waals surface area contributed by atoms with Crippen molar-refractivity contribution in [2.45, 2.75) is 50.4 Å². The number of alkyl halides is 2. The minimum atomic E-state index is -2.54. The number of benzene rings is 1. The molecule has 0 amide bonds. The molecule has 100 valence electrons. The van der Waals surface area contributed by atoms with Crippen LogP contribution in [0.4, 0.5) is 8.78 Å². The average molecular weight is 253 g/mol. The van der Waals surface area contributed by atoms with Gasteiger partial charge in [0.05, 0.1) is 0 Å². The maximum absolute atomic E-state index is 13.2. The van der Waals surface area contributed by atoms with Crippen LogP contribution in [0.3, 0.4) is 0 Å². The van der Waals surface area contributed by atoms with Crippen molar-refractivity contribution in [3.8, 4) is 0 Å². The Bertz CT molecular complexity index is 438. The van der Waals surface area contributed by atoms with Gasteiger partial charge in [-0.05, 0) is 16.5 Å². The predicted molar refractivity (Wildman–Crippen MR) is 70.1 cm³/mol. The zero-order valence-corrected chi connectivity index (χ0v) is 11.3. The van der Waals surface area contributed by atoms with Gasteiger partial charge in [-0.15, -0.1) is 0 Å². The molecule has 1 aliphatic carbocycles. The number of rotatable bonds is 2. The molecule has 0 saturated heterocycles. The van der Waals surface area contributed by atoms with Gasteiger partial charge in [0.2, 0.25) is 5.92 Å². The van der Waals surface area contributed by atoms with Crippen molar-refractivity contribution in [3.05, 3.63) is 35.4 Å². The second kappa shape index (κ2) is 4.02. The van der Waals surface area contributed by atoms with Crippen molar-refractivity contribution < 1.29 is 8.78 Å². The van der Waals surface area contributed by atoms with Crippen LogP contribution >= 0.6 is 0 Å². The minimum absolute atomic E-state index is 0.0259. The van der Waals surface area contributed by atoms with Crippen LogP contribution in [0.1, 0.15) is 44.7 Å². The fourth-order valence-electron chi connectivity index (χ4n) is 2.72. The molecule has 0 aromatic heterocycles. The van der Waals surface area contributed by atoms with E-state index in [1.807, 2.05) is 24.3 Å².